The standard InChI is InChI=1S/C29H25F2N3O5/c1-38-22-14-12-21(13-15-22)27(19-8-4-2-5-9-19,20-10-6-3-7-11-20)29(34-17-16-24(32)33-26(34)37)28(30,31)25(36)23(18-35)39-29/h2-18,23,25,36H,1H3,(H2,32,33,37)/t23-,25-,29-/m1/s1. The molecule has 2 heterocycles. The van der Waals surface area contributed by atoms with Gasteiger partial charge in [0.2, 0.25) is 5.72 Å². The molecular formula is C29H25F2N3O5. The van der Waals surface area contributed by atoms with Crippen molar-refractivity contribution in [3.8, 4) is 5.75 Å². The van der Waals surface area contributed by atoms with Crippen LogP contribution in [0.5, 0.6) is 5.75 Å². The second-order valence-corrected chi connectivity index (χ2v) is 9.15. The number of methoxy groups -OCH3 is 1. The van der Waals surface area contributed by atoms with Gasteiger partial charge in [0.05, 0.1) is 12.5 Å². The highest BCUT2D eigenvalue weighted by molar-refractivity contribution is 5.62. The number of nitrogens with zero attached hydrogens (tertiary/aromatic N) is 2. The highest BCUT2D eigenvalue weighted by atomic mass is 19.3. The number of aromatic nitrogens is 2. The van der Waals surface area contributed by atoms with Crippen molar-refractivity contribution < 1.29 is 28.2 Å². The summed E-state index contributed by atoms with van der Waals surface area (Å²) in [7, 11) is 1.47. The summed E-state index contributed by atoms with van der Waals surface area (Å²) in [6.45, 7) is 0. The Labute approximate surface area is 222 Å². The van der Waals surface area contributed by atoms with Crippen molar-refractivity contribution in [2.45, 2.75) is 29.3 Å². The summed E-state index contributed by atoms with van der Waals surface area (Å²) >= 11 is 0. The molecule has 1 aliphatic heterocycles. The molecule has 3 aromatic carbocycles. The van der Waals surface area contributed by atoms with E-state index in [4.69, 9.17) is 15.2 Å². The van der Waals surface area contributed by atoms with E-state index in [1.54, 1.807) is 84.9 Å². The van der Waals surface area contributed by atoms with Crippen molar-refractivity contribution in [1.82, 2.24) is 9.55 Å². The lowest BCUT2D eigenvalue weighted by Crippen LogP contribution is -2.67. The van der Waals surface area contributed by atoms with Crippen LogP contribution in [0.15, 0.2) is 102 Å². The molecule has 0 unspecified atom stereocenters. The monoisotopic (exact) mass is 533 g/mol. The zero-order valence-corrected chi connectivity index (χ0v) is 20.8. The van der Waals surface area contributed by atoms with E-state index in [1.165, 1.54) is 13.2 Å². The van der Waals surface area contributed by atoms with Crippen LogP contribution in [-0.4, -0.2) is 46.2 Å². The van der Waals surface area contributed by atoms with Crippen LogP contribution in [0.4, 0.5) is 14.6 Å². The number of halogens is 2. The highest BCUT2D eigenvalue weighted by Crippen LogP contribution is 2.62. The van der Waals surface area contributed by atoms with Gasteiger partial charge in [-0.05, 0) is 34.9 Å². The number of anilines is 1. The molecule has 3 N–H and O–H groups in total. The topological polar surface area (TPSA) is 117 Å². The first-order valence-corrected chi connectivity index (χ1v) is 12.0. The molecule has 10 heteroatoms. The van der Waals surface area contributed by atoms with Gasteiger partial charge in [-0.2, -0.15) is 13.8 Å². The van der Waals surface area contributed by atoms with E-state index in [2.05, 4.69) is 4.98 Å². The number of carbonyl (C=O) groups excluding carboxylic acids is 1. The Morgan fingerprint density at radius 1 is 0.974 bits per heavy atom. The number of carbonyl (C=O) groups is 1. The van der Waals surface area contributed by atoms with Crippen LogP contribution in [0.25, 0.3) is 0 Å². The maximum absolute atomic E-state index is 17.0. The highest BCUT2D eigenvalue weighted by Gasteiger charge is 2.78. The second-order valence-electron chi connectivity index (χ2n) is 9.15. The first-order chi connectivity index (χ1) is 18.7. The normalized spacial score (nSPS) is 22.4. The molecule has 4 aromatic rings. The Bertz CT molecular complexity index is 1490. The number of rotatable bonds is 7. The fraction of sp³-hybridized carbons (Fsp3) is 0.207. The van der Waals surface area contributed by atoms with E-state index in [0.717, 1.165) is 6.20 Å². The summed E-state index contributed by atoms with van der Waals surface area (Å²) in [6, 6.07) is 24.1. The number of alkyl halides is 2. The number of hydrogen-bond donors (Lipinski definition) is 2. The Hall–Kier alpha value is -4.41. The van der Waals surface area contributed by atoms with Crippen molar-refractivity contribution in [3.05, 3.63) is 124 Å². The molecule has 200 valence electrons. The van der Waals surface area contributed by atoms with Gasteiger partial charge in [0, 0.05) is 6.20 Å². The molecule has 0 aliphatic carbocycles. The van der Waals surface area contributed by atoms with E-state index in [9.17, 15) is 14.7 Å². The summed E-state index contributed by atoms with van der Waals surface area (Å²) in [5, 5.41) is 10.9. The minimum absolute atomic E-state index is 0.102. The molecule has 5 rings (SSSR count). The van der Waals surface area contributed by atoms with Gasteiger partial charge in [-0.1, -0.05) is 72.8 Å². The number of aliphatic hydroxyl groups is 1. The van der Waals surface area contributed by atoms with Gasteiger partial charge >= 0.3 is 11.6 Å². The summed E-state index contributed by atoms with van der Waals surface area (Å²) in [6.07, 6.45) is -3.42. The lowest BCUT2D eigenvalue weighted by atomic mass is 9.60. The SMILES string of the molecule is COc1ccc(C(c2ccccc2)(c2ccccc2)[C@@]2(n3ccc(N)nc3=O)O[C@H](C=O)[C@@H](O)C2(F)F)cc1. The lowest BCUT2D eigenvalue weighted by Gasteiger charge is -2.51. The molecule has 1 fully saturated rings. The average molecular weight is 534 g/mol. The fourth-order valence-corrected chi connectivity index (χ4v) is 5.55. The van der Waals surface area contributed by atoms with Gasteiger partial charge in [0.15, 0.2) is 12.4 Å². The Morgan fingerprint density at radius 3 is 1.97 bits per heavy atom. The molecule has 0 spiro atoms. The third kappa shape index (κ3) is 3.67. The Morgan fingerprint density at radius 2 is 1.51 bits per heavy atom. The van der Waals surface area contributed by atoms with Crippen LogP contribution < -0.4 is 16.2 Å². The van der Waals surface area contributed by atoms with Gasteiger partial charge in [-0.3, -0.25) is 4.57 Å². The van der Waals surface area contributed by atoms with E-state index in [-0.39, 0.29) is 17.7 Å². The number of benzene rings is 3. The Kier molecular flexibility index (Phi) is 6.53. The van der Waals surface area contributed by atoms with Crippen molar-refractivity contribution >= 4 is 12.1 Å². The van der Waals surface area contributed by atoms with Crippen molar-refractivity contribution in [2.24, 2.45) is 0 Å². The zero-order valence-electron chi connectivity index (χ0n) is 20.8. The average Bonchev–Trinajstić information content (AvgIpc) is 3.16. The third-order valence-electron chi connectivity index (χ3n) is 7.18. The van der Waals surface area contributed by atoms with E-state index >= 15 is 8.78 Å². The van der Waals surface area contributed by atoms with Gasteiger partial charge < -0.3 is 25.1 Å². The third-order valence-corrected chi connectivity index (χ3v) is 7.18. The minimum atomic E-state index is -4.23. The maximum atomic E-state index is 17.0. The lowest BCUT2D eigenvalue weighted by molar-refractivity contribution is -0.243. The molecule has 0 bridgehead atoms. The van der Waals surface area contributed by atoms with Crippen LogP contribution in [0, 0.1) is 0 Å². The molecule has 1 aromatic heterocycles. The smallest absolute Gasteiger partial charge is 0.352 e. The number of hydrogen-bond acceptors (Lipinski definition) is 7. The number of aliphatic hydroxyl groups excluding tert-OH is 1. The van der Waals surface area contributed by atoms with Gasteiger partial charge in [-0.25, -0.2) is 4.79 Å². The van der Waals surface area contributed by atoms with Crippen LogP contribution in [0.3, 0.4) is 0 Å². The number of nitrogen functional groups attached to an aromatic ring is 1. The van der Waals surface area contributed by atoms with E-state index < -0.39 is 35.0 Å². The first kappa shape index (κ1) is 26.2. The molecule has 0 radical (unpaired) electrons. The van der Waals surface area contributed by atoms with Crippen LogP contribution in [0.1, 0.15) is 16.7 Å². The van der Waals surface area contributed by atoms with Crippen molar-refractivity contribution in [3.63, 3.8) is 0 Å². The fourth-order valence-electron chi connectivity index (χ4n) is 5.55. The first-order valence-electron chi connectivity index (χ1n) is 12.0. The van der Waals surface area contributed by atoms with Crippen LogP contribution >= 0.6 is 0 Å². The molecule has 0 saturated carbocycles. The molecule has 3 atom stereocenters. The van der Waals surface area contributed by atoms with Crippen LogP contribution in [-0.2, 0) is 20.7 Å². The molecule has 8 nitrogen and oxygen atoms in total. The molecule has 1 aliphatic rings. The maximum Gasteiger partial charge on any atom is 0.352 e. The molecule has 1 saturated heterocycles. The second kappa shape index (κ2) is 9.72. The predicted octanol–water partition coefficient (Wildman–Crippen LogP) is 3.12. The molecule has 39 heavy (non-hydrogen) atoms. The van der Waals surface area contributed by atoms with Gasteiger partial charge in [0.25, 0.3) is 0 Å². The van der Waals surface area contributed by atoms with E-state index in [1.807, 2.05) is 0 Å². The molecular weight excluding hydrogens is 508 g/mol. The number of ether oxygens (including phenoxy) is 2. The largest absolute Gasteiger partial charge is 0.497 e. The predicted molar refractivity (Wildman–Crippen MR) is 139 cm³/mol. The van der Waals surface area contributed by atoms with Gasteiger partial charge in [-0.15, -0.1) is 0 Å². The number of aldehydes is 1. The Balaban J connectivity index is 2.06. The number of nitrogens with two attached hydrogens (primary N) is 1. The van der Waals surface area contributed by atoms with Crippen molar-refractivity contribution in [2.75, 3.05) is 12.8 Å². The summed E-state index contributed by atoms with van der Waals surface area (Å²) in [5.41, 5.74) is 0.344. The minimum Gasteiger partial charge on any atom is -0.497 e. The summed E-state index contributed by atoms with van der Waals surface area (Å²) in [4.78, 5) is 29.2. The summed E-state index contributed by atoms with van der Waals surface area (Å²) < 4.78 is 45.9. The molecule has 0 amide bonds. The van der Waals surface area contributed by atoms with Gasteiger partial charge in [0.1, 0.15) is 17.7 Å². The van der Waals surface area contributed by atoms with E-state index in [0.29, 0.717) is 21.4 Å². The zero-order chi connectivity index (χ0) is 27.8. The summed E-state index contributed by atoms with van der Waals surface area (Å²) in [5.74, 6) is -3.97. The van der Waals surface area contributed by atoms with Crippen molar-refractivity contribution in [1.29, 1.82) is 0 Å². The quantitative estimate of drug-likeness (QED) is 0.277. The van der Waals surface area contributed by atoms with Crippen LogP contribution in [0.2, 0.25) is 0 Å².